The average Bonchev–Trinajstić information content (AvgIpc) is 2.24. The van der Waals surface area contributed by atoms with Crippen LogP contribution in [-0.4, -0.2) is 17.9 Å². The molecule has 6 heteroatoms. The van der Waals surface area contributed by atoms with E-state index in [4.69, 9.17) is 9.84 Å². The van der Waals surface area contributed by atoms with Gasteiger partial charge in [0.15, 0.2) is 0 Å². The van der Waals surface area contributed by atoms with E-state index in [1.165, 1.54) is 0 Å². The molecule has 0 unspecified atom stereocenters. The summed E-state index contributed by atoms with van der Waals surface area (Å²) in [5, 5.41) is 9.05. The maximum Gasteiger partial charge on any atom is 0.389 e. The van der Waals surface area contributed by atoms with Gasteiger partial charge >= 0.3 is 6.18 Å². The Hall–Kier alpha value is -0.750. The summed E-state index contributed by atoms with van der Waals surface area (Å²) < 4.78 is 41.6. The fraction of sp³-hybridized carbons (Fsp3) is 0.455. The SMILES string of the molecule is OCc1cccc(Br)c1OCCCC(F)(F)F. The Bertz CT molecular complexity index is 366. The lowest BCUT2D eigenvalue weighted by molar-refractivity contribution is -0.136. The standard InChI is InChI=1S/C11H12BrF3O2/c12-9-4-1-3-8(7-16)10(9)17-6-2-5-11(13,14)15/h1,3-4,16H,2,5-7H2. The molecule has 0 bridgehead atoms. The molecule has 17 heavy (non-hydrogen) atoms. The highest BCUT2D eigenvalue weighted by molar-refractivity contribution is 9.10. The van der Waals surface area contributed by atoms with Crippen molar-refractivity contribution in [2.24, 2.45) is 0 Å². The topological polar surface area (TPSA) is 29.5 Å². The van der Waals surface area contributed by atoms with Crippen LogP contribution in [0.5, 0.6) is 5.75 Å². The Morgan fingerprint density at radius 1 is 1.29 bits per heavy atom. The van der Waals surface area contributed by atoms with E-state index in [1.807, 2.05) is 0 Å². The maximum absolute atomic E-state index is 11.9. The molecule has 1 N–H and O–H groups in total. The van der Waals surface area contributed by atoms with Crippen molar-refractivity contribution in [2.75, 3.05) is 6.61 Å². The number of hydrogen-bond donors (Lipinski definition) is 1. The van der Waals surface area contributed by atoms with E-state index in [2.05, 4.69) is 15.9 Å². The predicted molar refractivity (Wildman–Crippen MR) is 60.8 cm³/mol. The highest BCUT2D eigenvalue weighted by atomic mass is 79.9. The smallest absolute Gasteiger partial charge is 0.389 e. The first-order chi connectivity index (χ1) is 7.94. The lowest BCUT2D eigenvalue weighted by Crippen LogP contribution is -2.10. The van der Waals surface area contributed by atoms with Gasteiger partial charge in [-0.3, -0.25) is 0 Å². The van der Waals surface area contributed by atoms with Crippen LogP contribution >= 0.6 is 15.9 Å². The normalized spacial score (nSPS) is 11.6. The van der Waals surface area contributed by atoms with E-state index in [9.17, 15) is 13.2 Å². The van der Waals surface area contributed by atoms with Gasteiger partial charge in [-0.05, 0) is 28.4 Å². The molecule has 1 aromatic carbocycles. The van der Waals surface area contributed by atoms with E-state index < -0.39 is 12.6 Å². The van der Waals surface area contributed by atoms with Crippen molar-refractivity contribution in [3.05, 3.63) is 28.2 Å². The lowest BCUT2D eigenvalue weighted by Gasteiger charge is -2.12. The largest absolute Gasteiger partial charge is 0.492 e. The Kier molecular flexibility index (Phi) is 5.27. The molecule has 0 saturated carbocycles. The quantitative estimate of drug-likeness (QED) is 0.841. The van der Waals surface area contributed by atoms with Gasteiger partial charge in [0.2, 0.25) is 0 Å². The first kappa shape index (κ1) is 14.3. The van der Waals surface area contributed by atoms with E-state index in [0.717, 1.165) is 0 Å². The fourth-order valence-corrected chi connectivity index (χ4v) is 1.81. The van der Waals surface area contributed by atoms with Gasteiger partial charge < -0.3 is 9.84 Å². The van der Waals surface area contributed by atoms with E-state index in [-0.39, 0.29) is 19.6 Å². The van der Waals surface area contributed by atoms with Crippen molar-refractivity contribution in [3.63, 3.8) is 0 Å². The number of halogens is 4. The third-order valence-electron chi connectivity index (χ3n) is 2.07. The molecule has 0 saturated heterocycles. The van der Waals surface area contributed by atoms with Crippen molar-refractivity contribution >= 4 is 15.9 Å². The summed E-state index contributed by atoms with van der Waals surface area (Å²) in [6, 6.07) is 5.08. The molecule has 0 aliphatic heterocycles. The maximum atomic E-state index is 11.9. The molecule has 0 atom stereocenters. The number of alkyl halides is 3. The summed E-state index contributed by atoms with van der Waals surface area (Å²) in [6.07, 6.45) is -5.13. The number of benzene rings is 1. The molecule has 0 heterocycles. The van der Waals surface area contributed by atoms with Crippen LogP contribution in [0.2, 0.25) is 0 Å². The highest BCUT2D eigenvalue weighted by Gasteiger charge is 2.26. The number of rotatable bonds is 5. The van der Waals surface area contributed by atoms with Crippen LogP contribution in [0.1, 0.15) is 18.4 Å². The van der Waals surface area contributed by atoms with E-state index >= 15 is 0 Å². The molecule has 0 spiro atoms. The van der Waals surface area contributed by atoms with Crippen LogP contribution in [0, 0.1) is 0 Å². The van der Waals surface area contributed by atoms with Crippen LogP contribution in [0.4, 0.5) is 13.2 Å². The van der Waals surface area contributed by atoms with Crippen molar-refractivity contribution in [1.29, 1.82) is 0 Å². The van der Waals surface area contributed by atoms with Crippen molar-refractivity contribution in [3.8, 4) is 5.75 Å². The summed E-state index contributed by atoms with van der Waals surface area (Å²) in [6.45, 7) is -0.247. The second kappa shape index (κ2) is 6.26. The van der Waals surface area contributed by atoms with E-state index in [0.29, 0.717) is 15.8 Å². The zero-order chi connectivity index (χ0) is 12.9. The van der Waals surface area contributed by atoms with Crippen LogP contribution in [0.25, 0.3) is 0 Å². The van der Waals surface area contributed by atoms with Gasteiger partial charge in [-0.2, -0.15) is 13.2 Å². The van der Waals surface area contributed by atoms with Crippen molar-refractivity contribution in [1.82, 2.24) is 0 Å². The van der Waals surface area contributed by atoms with Crippen LogP contribution in [-0.2, 0) is 6.61 Å². The Morgan fingerprint density at radius 2 is 2.00 bits per heavy atom. The molecular formula is C11H12BrF3O2. The molecule has 1 aromatic rings. The van der Waals surface area contributed by atoms with Crippen LogP contribution in [0.15, 0.2) is 22.7 Å². The fourth-order valence-electron chi connectivity index (χ4n) is 1.29. The number of aliphatic hydroxyl groups is 1. The van der Waals surface area contributed by atoms with Gasteiger partial charge in [0.25, 0.3) is 0 Å². The third kappa shape index (κ3) is 4.95. The minimum atomic E-state index is -4.16. The van der Waals surface area contributed by atoms with Gasteiger partial charge in [0.05, 0.1) is 17.7 Å². The molecule has 1 rings (SSSR count). The van der Waals surface area contributed by atoms with Crippen molar-refractivity contribution < 1.29 is 23.0 Å². The zero-order valence-electron chi connectivity index (χ0n) is 8.93. The second-order valence-corrected chi connectivity index (χ2v) is 4.31. The van der Waals surface area contributed by atoms with Crippen molar-refractivity contribution in [2.45, 2.75) is 25.6 Å². The molecule has 0 aliphatic carbocycles. The number of aliphatic hydroxyl groups excluding tert-OH is 1. The first-order valence-corrected chi connectivity index (χ1v) is 5.81. The molecule has 0 amide bonds. The Morgan fingerprint density at radius 3 is 2.59 bits per heavy atom. The molecule has 0 aliphatic rings. The van der Waals surface area contributed by atoms with Crippen LogP contribution in [0.3, 0.4) is 0 Å². The zero-order valence-corrected chi connectivity index (χ0v) is 10.5. The summed E-state index contributed by atoms with van der Waals surface area (Å²) >= 11 is 3.22. The number of hydrogen-bond acceptors (Lipinski definition) is 2. The molecule has 0 radical (unpaired) electrons. The first-order valence-electron chi connectivity index (χ1n) is 5.02. The Balaban J connectivity index is 2.52. The molecule has 2 nitrogen and oxygen atoms in total. The lowest BCUT2D eigenvalue weighted by atomic mass is 10.2. The van der Waals surface area contributed by atoms with Gasteiger partial charge in [0.1, 0.15) is 5.75 Å². The van der Waals surface area contributed by atoms with Gasteiger partial charge in [-0.25, -0.2) is 0 Å². The summed E-state index contributed by atoms with van der Waals surface area (Å²) in [4.78, 5) is 0. The summed E-state index contributed by atoms with van der Waals surface area (Å²) in [7, 11) is 0. The molecular weight excluding hydrogens is 301 g/mol. The number of para-hydroxylation sites is 1. The molecule has 0 aromatic heterocycles. The Labute approximate surface area is 106 Å². The minimum absolute atomic E-state index is 0.0326. The van der Waals surface area contributed by atoms with Gasteiger partial charge in [-0.1, -0.05) is 12.1 Å². The molecule has 0 fully saturated rings. The molecule has 96 valence electrons. The minimum Gasteiger partial charge on any atom is -0.492 e. The monoisotopic (exact) mass is 312 g/mol. The summed E-state index contributed by atoms with van der Waals surface area (Å²) in [5.41, 5.74) is 0.548. The summed E-state index contributed by atoms with van der Waals surface area (Å²) in [5.74, 6) is 0.400. The number of ether oxygens (including phenoxy) is 1. The third-order valence-corrected chi connectivity index (χ3v) is 2.69. The predicted octanol–water partition coefficient (Wildman–Crippen LogP) is 3.66. The average molecular weight is 313 g/mol. The highest BCUT2D eigenvalue weighted by Crippen LogP contribution is 2.29. The van der Waals surface area contributed by atoms with E-state index in [1.54, 1.807) is 18.2 Å². The second-order valence-electron chi connectivity index (χ2n) is 3.45. The van der Waals surface area contributed by atoms with Gasteiger partial charge in [0, 0.05) is 12.0 Å². The van der Waals surface area contributed by atoms with Gasteiger partial charge in [-0.15, -0.1) is 0 Å². The van der Waals surface area contributed by atoms with Crippen LogP contribution < -0.4 is 4.74 Å².